The third-order valence-corrected chi connectivity index (χ3v) is 6.47. The van der Waals surface area contributed by atoms with Crippen molar-refractivity contribution in [1.29, 1.82) is 0 Å². The molecular formula is C29H44N11O8+. The van der Waals surface area contributed by atoms with E-state index in [9.17, 15) is 33.9 Å². The van der Waals surface area contributed by atoms with Gasteiger partial charge in [0, 0.05) is 25.8 Å². The molecule has 0 spiro atoms. The molecule has 0 saturated carbocycles. The first-order valence-electron chi connectivity index (χ1n) is 15.0. The molecule has 0 fully saturated rings. The van der Waals surface area contributed by atoms with Gasteiger partial charge in [0.2, 0.25) is 29.5 Å². The van der Waals surface area contributed by atoms with Gasteiger partial charge in [-0.15, -0.1) is 0 Å². The zero-order valence-electron chi connectivity index (χ0n) is 26.6. The standard InChI is InChI=1S/C29H43N11O8/c30-23(42)14-36-24(43)15-37-28(47)22(7-3-9-35-29(31)32)38-25(44)18-40(17-21-6-4-12-48-21)27(46)19-39(10-11-41)26(45)16-33-13-20-5-1-2-8-34-20/h1-2,4-6,8,12,22,33,41H,3,7,9-11,13-19H2,(H2,30,42)(H,36,43)(H,37,47)(H,38,44)(H4,31,32,35)/p+1/t22-/m0/s1. The van der Waals surface area contributed by atoms with Gasteiger partial charge in [0.25, 0.3) is 0 Å². The summed E-state index contributed by atoms with van der Waals surface area (Å²) in [4.78, 5) is 85.9. The molecule has 0 aliphatic rings. The Hall–Kier alpha value is -5.40. The Morgan fingerprint density at radius 3 is 2.40 bits per heavy atom. The average Bonchev–Trinajstić information content (AvgIpc) is 3.57. The lowest BCUT2D eigenvalue weighted by Gasteiger charge is -2.27. The number of pyridine rings is 1. The van der Waals surface area contributed by atoms with Crippen molar-refractivity contribution in [2.24, 2.45) is 16.5 Å². The summed E-state index contributed by atoms with van der Waals surface area (Å²) < 4.78 is 5.36. The van der Waals surface area contributed by atoms with Crippen molar-refractivity contribution in [3.63, 3.8) is 0 Å². The second kappa shape index (κ2) is 21.4. The van der Waals surface area contributed by atoms with Crippen LogP contribution < -0.4 is 38.5 Å². The van der Waals surface area contributed by atoms with Crippen LogP contribution in [0.5, 0.6) is 0 Å². The monoisotopic (exact) mass is 674 g/mol. The summed E-state index contributed by atoms with van der Waals surface area (Å²) in [7, 11) is 0. The van der Waals surface area contributed by atoms with Crippen molar-refractivity contribution in [2.45, 2.75) is 32.0 Å². The highest BCUT2D eigenvalue weighted by atomic mass is 16.3. The fourth-order valence-corrected chi connectivity index (χ4v) is 4.15. The molecule has 2 rings (SSSR count). The molecule has 2 aromatic heterocycles. The molecule has 19 nitrogen and oxygen atoms in total. The zero-order valence-corrected chi connectivity index (χ0v) is 26.6. The first-order valence-corrected chi connectivity index (χ1v) is 15.0. The van der Waals surface area contributed by atoms with Crippen molar-refractivity contribution >= 4 is 41.4 Å². The molecule has 48 heavy (non-hydrogen) atoms. The van der Waals surface area contributed by atoms with Gasteiger partial charge in [0.05, 0.1) is 44.7 Å². The number of guanidine groups is 1. The molecule has 0 aliphatic carbocycles. The number of aliphatic imine (C=N–C) groups is 1. The molecule has 12 N–H and O–H groups in total. The molecule has 262 valence electrons. The van der Waals surface area contributed by atoms with Crippen LogP contribution in [0.2, 0.25) is 0 Å². The Bertz CT molecular complexity index is 1370. The number of carbonyl (C=O) groups excluding carboxylic acids is 6. The summed E-state index contributed by atoms with van der Waals surface area (Å²) in [6.07, 6.45) is 3.37. The Kier molecular flexibility index (Phi) is 17.3. The van der Waals surface area contributed by atoms with Gasteiger partial charge in [-0.25, -0.2) is 4.79 Å². The van der Waals surface area contributed by atoms with Gasteiger partial charge in [-0.3, -0.25) is 39.7 Å². The van der Waals surface area contributed by atoms with Crippen LogP contribution in [0.3, 0.4) is 0 Å². The minimum atomic E-state index is -1.15. The SMILES string of the molecule is NC(N)=NCCC[C@H](NC(=O)CN(Cc1ccco1)C(=O)CN(CCO)C(=O)CNCc1ccccn1)C(=O)NCC(=O)NCC([NH3+])=O. The summed E-state index contributed by atoms with van der Waals surface area (Å²) in [6, 6.07) is 7.42. The molecule has 0 aliphatic heterocycles. The van der Waals surface area contributed by atoms with Crippen LogP contribution in [0, 0.1) is 0 Å². The van der Waals surface area contributed by atoms with E-state index < -0.39 is 67.7 Å². The van der Waals surface area contributed by atoms with E-state index in [1.807, 2.05) is 6.07 Å². The summed E-state index contributed by atoms with van der Waals surface area (Å²) in [5, 5.41) is 19.8. The number of carbonyl (C=O) groups is 6. The number of aliphatic hydroxyl groups excluding tert-OH is 1. The van der Waals surface area contributed by atoms with Crippen LogP contribution in [0.25, 0.3) is 0 Å². The lowest BCUT2D eigenvalue weighted by molar-refractivity contribution is -0.304. The van der Waals surface area contributed by atoms with E-state index in [-0.39, 0.29) is 51.5 Å². The number of aromatic nitrogens is 1. The fraction of sp³-hybridized carbons (Fsp3) is 0.448. The maximum atomic E-state index is 13.5. The normalized spacial score (nSPS) is 11.1. The maximum absolute atomic E-state index is 13.5. The van der Waals surface area contributed by atoms with Crippen molar-refractivity contribution in [2.75, 3.05) is 52.4 Å². The van der Waals surface area contributed by atoms with Crippen LogP contribution in [0.4, 0.5) is 0 Å². The van der Waals surface area contributed by atoms with Crippen molar-refractivity contribution in [3.05, 3.63) is 54.2 Å². The number of nitrogens with zero attached hydrogens (tertiary/aromatic N) is 4. The highest BCUT2D eigenvalue weighted by Gasteiger charge is 2.26. The van der Waals surface area contributed by atoms with E-state index >= 15 is 0 Å². The number of hydrogen-bond donors (Lipinski definition) is 8. The molecule has 1 atom stereocenters. The number of hydrogen-bond acceptors (Lipinski definition) is 11. The number of furan rings is 1. The van der Waals surface area contributed by atoms with Gasteiger partial charge >= 0.3 is 5.91 Å². The minimum absolute atomic E-state index is 0.0732. The third-order valence-electron chi connectivity index (χ3n) is 6.47. The molecule has 0 radical (unpaired) electrons. The number of amides is 6. The van der Waals surface area contributed by atoms with Crippen LogP contribution in [-0.2, 0) is 41.9 Å². The minimum Gasteiger partial charge on any atom is -0.467 e. The summed E-state index contributed by atoms with van der Waals surface area (Å²) in [5.41, 5.74) is 14.6. The van der Waals surface area contributed by atoms with Crippen molar-refractivity contribution in [3.8, 4) is 0 Å². The number of quaternary nitrogens is 1. The largest absolute Gasteiger partial charge is 0.467 e. The Morgan fingerprint density at radius 1 is 0.958 bits per heavy atom. The van der Waals surface area contributed by atoms with Gasteiger partial charge in [-0.05, 0) is 37.1 Å². The molecule has 0 aromatic carbocycles. The zero-order chi connectivity index (χ0) is 35.3. The van der Waals surface area contributed by atoms with Crippen LogP contribution in [0.1, 0.15) is 24.3 Å². The van der Waals surface area contributed by atoms with Gasteiger partial charge < -0.3 is 52.1 Å². The Labute approximate surface area is 276 Å². The summed E-state index contributed by atoms with van der Waals surface area (Å²) in [6.45, 7) is -2.11. The van der Waals surface area contributed by atoms with Gasteiger partial charge in [0.15, 0.2) is 5.96 Å². The number of aliphatic hydroxyl groups is 1. The maximum Gasteiger partial charge on any atom is 0.328 e. The van der Waals surface area contributed by atoms with Crippen LogP contribution in [0.15, 0.2) is 52.2 Å². The van der Waals surface area contributed by atoms with E-state index in [1.165, 1.54) is 6.26 Å². The first kappa shape index (κ1) is 38.8. The van der Waals surface area contributed by atoms with Gasteiger partial charge in [-0.1, -0.05) is 6.07 Å². The molecule has 0 unspecified atom stereocenters. The van der Waals surface area contributed by atoms with E-state index in [1.54, 1.807) is 30.5 Å². The predicted octanol–water partition coefficient (Wildman–Crippen LogP) is -4.85. The van der Waals surface area contributed by atoms with Crippen molar-refractivity contribution in [1.82, 2.24) is 36.1 Å². The number of nitrogens with one attached hydrogen (secondary N) is 4. The summed E-state index contributed by atoms with van der Waals surface area (Å²) >= 11 is 0. The van der Waals surface area contributed by atoms with Crippen LogP contribution >= 0.6 is 0 Å². The number of rotatable bonds is 22. The Morgan fingerprint density at radius 2 is 1.75 bits per heavy atom. The second-order valence-electron chi connectivity index (χ2n) is 10.4. The number of nitrogens with two attached hydrogens (primary N) is 2. The molecule has 2 aromatic rings. The molecule has 2 heterocycles. The lowest BCUT2D eigenvalue weighted by atomic mass is 10.1. The molecule has 0 bridgehead atoms. The molecular weight excluding hydrogens is 630 g/mol. The van der Waals surface area contributed by atoms with Crippen molar-refractivity contribution < 1.29 is 44.0 Å². The molecule has 0 saturated heterocycles. The first-order chi connectivity index (χ1) is 23.0. The lowest BCUT2D eigenvalue weighted by Crippen LogP contribution is -2.61. The summed E-state index contributed by atoms with van der Waals surface area (Å²) in [5.74, 6) is -3.47. The molecule has 6 amide bonds. The fourth-order valence-electron chi connectivity index (χ4n) is 4.15. The van der Waals surface area contributed by atoms with E-state index in [4.69, 9.17) is 15.9 Å². The van der Waals surface area contributed by atoms with Gasteiger partial charge in [0.1, 0.15) is 24.9 Å². The highest BCUT2D eigenvalue weighted by molar-refractivity contribution is 5.93. The molecule has 19 heteroatoms. The van der Waals surface area contributed by atoms with E-state index in [0.29, 0.717) is 18.0 Å². The second-order valence-corrected chi connectivity index (χ2v) is 10.4. The van der Waals surface area contributed by atoms with E-state index in [0.717, 1.165) is 9.80 Å². The average molecular weight is 675 g/mol. The topological polar surface area (TPSA) is 295 Å². The van der Waals surface area contributed by atoms with E-state index in [2.05, 4.69) is 37.0 Å². The van der Waals surface area contributed by atoms with Gasteiger partial charge in [-0.2, -0.15) is 0 Å². The Balaban J connectivity index is 2.10. The smallest absolute Gasteiger partial charge is 0.328 e. The third kappa shape index (κ3) is 15.7. The highest BCUT2D eigenvalue weighted by Crippen LogP contribution is 2.08. The van der Waals surface area contributed by atoms with Crippen LogP contribution in [-0.4, -0.2) is 120 Å². The quantitative estimate of drug-likeness (QED) is 0.0331. The predicted molar refractivity (Wildman–Crippen MR) is 169 cm³/mol.